The average Bonchev–Trinajstić information content (AvgIpc) is 2.73. The maximum Gasteiger partial charge on any atom is 0.488 e. The van der Waals surface area contributed by atoms with Crippen LogP contribution in [0.4, 0.5) is 4.39 Å². The summed E-state index contributed by atoms with van der Waals surface area (Å²) in [6.07, 6.45) is 0. The van der Waals surface area contributed by atoms with Gasteiger partial charge in [0.15, 0.2) is 0 Å². The van der Waals surface area contributed by atoms with E-state index in [4.69, 9.17) is 0 Å². The molecule has 0 aliphatic heterocycles. The van der Waals surface area contributed by atoms with E-state index in [1.54, 1.807) is 6.92 Å². The van der Waals surface area contributed by atoms with Crippen LogP contribution in [-0.4, -0.2) is 32.3 Å². The van der Waals surface area contributed by atoms with Crippen molar-refractivity contribution in [2.75, 3.05) is 0 Å². The van der Waals surface area contributed by atoms with Gasteiger partial charge in [-0.05, 0) is 30.1 Å². The van der Waals surface area contributed by atoms with Crippen molar-refractivity contribution in [3.8, 4) is 0 Å². The van der Waals surface area contributed by atoms with Crippen LogP contribution in [0.25, 0.3) is 0 Å². The summed E-state index contributed by atoms with van der Waals surface area (Å²) >= 11 is 1.33. The van der Waals surface area contributed by atoms with Crippen LogP contribution in [0.1, 0.15) is 11.4 Å². The first kappa shape index (κ1) is 13.1. The number of aryl methyl sites for hydroxylation is 1. The van der Waals surface area contributed by atoms with Gasteiger partial charge in [0, 0.05) is 5.75 Å². The maximum atomic E-state index is 13.0. The lowest BCUT2D eigenvalue weighted by atomic mass is 9.77. The van der Waals surface area contributed by atoms with Gasteiger partial charge in [-0.1, -0.05) is 17.8 Å². The van der Waals surface area contributed by atoms with Gasteiger partial charge < -0.3 is 10.0 Å². The number of aromatic nitrogens is 3. The fourth-order valence-corrected chi connectivity index (χ4v) is 2.33. The van der Waals surface area contributed by atoms with E-state index in [9.17, 15) is 14.4 Å². The van der Waals surface area contributed by atoms with Crippen molar-refractivity contribution in [2.45, 2.75) is 17.8 Å². The van der Waals surface area contributed by atoms with E-state index in [0.29, 0.717) is 22.3 Å². The molecular weight excluding hydrogens is 256 g/mol. The van der Waals surface area contributed by atoms with E-state index in [1.165, 1.54) is 23.9 Å². The number of H-pyrrole nitrogens is 1. The molecule has 1 aromatic carbocycles. The monoisotopic (exact) mass is 267 g/mol. The van der Waals surface area contributed by atoms with Crippen LogP contribution >= 0.6 is 11.8 Å². The van der Waals surface area contributed by atoms with Crippen LogP contribution in [0.15, 0.2) is 23.4 Å². The fraction of sp³-hybridized carbons (Fsp3) is 0.200. The van der Waals surface area contributed by atoms with Crippen LogP contribution in [0.3, 0.4) is 0 Å². The molecular formula is C10H11BFN3O2S. The number of nitrogens with zero attached hydrogens (tertiary/aromatic N) is 2. The first-order valence-corrected chi connectivity index (χ1v) is 6.21. The molecule has 8 heteroatoms. The molecule has 94 valence electrons. The topological polar surface area (TPSA) is 82.0 Å². The summed E-state index contributed by atoms with van der Waals surface area (Å²) < 4.78 is 13.0. The highest BCUT2D eigenvalue weighted by Crippen LogP contribution is 2.18. The van der Waals surface area contributed by atoms with Crippen molar-refractivity contribution in [1.29, 1.82) is 0 Å². The summed E-state index contributed by atoms with van der Waals surface area (Å²) in [6.45, 7) is 1.79. The second-order valence-electron chi connectivity index (χ2n) is 3.71. The molecule has 0 fully saturated rings. The number of thioether (sulfide) groups is 1. The Morgan fingerprint density at radius 3 is 2.83 bits per heavy atom. The zero-order chi connectivity index (χ0) is 13.1. The summed E-state index contributed by atoms with van der Waals surface area (Å²) in [5.74, 6) is 0.643. The van der Waals surface area contributed by atoms with Crippen molar-refractivity contribution in [3.05, 3.63) is 35.4 Å². The minimum absolute atomic E-state index is 0.162. The first-order chi connectivity index (χ1) is 8.56. The molecule has 0 aliphatic carbocycles. The predicted octanol–water partition coefficient (Wildman–Crippen LogP) is 0.224. The summed E-state index contributed by atoms with van der Waals surface area (Å²) in [5, 5.41) is 25.6. The van der Waals surface area contributed by atoms with Crippen molar-refractivity contribution >= 4 is 24.3 Å². The van der Waals surface area contributed by atoms with Crippen LogP contribution in [0.2, 0.25) is 0 Å². The molecule has 0 atom stereocenters. The third kappa shape index (κ3) is 3.09. The molecule has 18 heavy (non-hydrogen) atoms. The van der Waals surface area contributed by atoms with Crippen molar-refractivity contribution in [3.63, 3.8) is 0 Å². The Labute approximate surface area is 108 Å². The van der Waals surface area contributed by atoms with E-state index < -0.39 is 12.9 Å². The van der Waals surface area contributed by atoms with Gasteiger partial charge in [-0.2, -0.15) is 0 Å². The third-order valence-electron chi connectivity index (χ3n) is 2.32. The van der Waals surface area contributed by atoms with Gasteiger partial charge in [0.25, 0.3) is 0 Å². The summed E-state index contributed by atoms with van der Waals surface area (Å²) in [5.41, 5.74) is 0.800. The van der Waals surface area contributed by atoms with Crippen molar-refractivity contribution in [1.82, 2.24) is 15.2 Å². The first-order valence-electron chi connectivity index (χ1n) is 5.22. The average molecular weight is 267 g/mol. The van der Waals surface area contributed by atoms with Gasteiger partial charge in [-0.15, -0.1) is 5.10 Å². The van der Waals surface area contributed by atoms with Gasteiger partial charge in [-0.3, -0.25) is 5.10 Å². The van der Waals surface area contributed by atoms with E-state index in [-0.39, 0.29) is 5.46 Å². The molecule has 0 unspecified atom stereocenters. The Hall–Kier alpha value is -1.38. The number of rotatable bonds is 4. The molecule has 5 nitrogen and oxygen atoms in total. The number of nitrogens with one attached hydrogen (secondary N) is 1. The highest BCUT2D eigenvalue weighted by Gasteiger charge is 2.17. The molecule has 0 saturated heterocycles. The number of hydrogen-bond acceptors (Lipinski definition) is 5. The highest BCUT2D eigenvalue weighted by molar-refractivity contribution is 7.98. The normalized spacial score (nSPS) is 10.7. The summed E-state index contributed by atoms with van der Waals surface area (Å²) in [6, 6.07) is 3.92. The van der Waals surface area contributed by atoms with E-state index in [0.717, 1.165) is 6.07 Å². The SMILES string of the molecule is Cc1nc(SCc2ccc(F)cc2B(O)O)n[nH]1. The molecule has 1 heterocycles. The van der Waals surface area contributed by atoms with Crippen molar-refractivity contribution < 1.29 is 14.4 Å². The minimum atomic E-state index is -1.69. The Kier molecular flexibility index (Phi) is 4.00. The molecule has 2 rings (SSSR count). The zero-order valence-electron chi connectivity index (χ0n) is 9.59. The number of benzene rings is 1. The molecule has 2 aromatic rings. The quantitative estimate of drug-likeness (QED) is 0.545. The molecule has 0 bridgehead atoms. The smallest absolute Gasteiger partial charge is 0.423 e. The molecule has 3 N–H and O–H groups in total. The van der Waals surface area contributed by atoms with E-state index in [1.807, 2.05) is 0 Å². The molecule has 0 amide bonds. The molecule has 0 aliphatic rings. The number of aromatic amines is 1. The lowest BCUT2D eigenvalue weighted by molar-refractivity contribution is 0.425. The minimum Gasteiger partial charge on any atom is -0.423 e. The van der Waals surface area contributed by atoms with Crippen molar-refractivity contribution in [2.24, 2.45) is 0 Å². The van der Waals surface area contributed by atoms with Crippen LogP contribution < -0.4 is 5.46 Å². The summed E-state index contributed by atoms with van der Waals surface area (Å²) in [4.78, 5) is 4.12. The molecule has 0 saturated carbocycles. The third-order valence-corrected chi connectivity index (χ3v) is 3.22. The largest absolute Gasteiger partial charge is 0.488 e. The Balaban J connectivity index is 2.13. The van der Waals surface area contributed by atoms with Gasteiger partial charge in [0.1, 0.15) is 11.6 Å². The molecule has 0 radical (unpaired) electrons. The lowest BCUT2D eigenvalue weighted by Gasteiger charge is -2.07. The number of halogens is 1. The lowest BCUT2D eigenvalue weighted by Crippen LogP contribution is -2.33. The molecule has 1 aromatic heterocycles. The second-order valence-corrected chi connectivity index (χ2v) is 4.65. The molecule has 0 spiro atoms. The predicted molar refractivity (Wildman–Crippen MR) is 66.9 cm³/mol. The standard InChI is InChI=1S/C10H11BFN3O2S/c1-6-13-10(15-14-6)18-5-7-2-3-8(12)4-9(7)11(16)17/h2-4,16-17H,5H2,1H3,(H,13,14,15). The number of hydrogen-bond donors (Lipinski definition) is 3. The maximum absolute atomic E-state index is 13.0. The Morgan fingerprint density at radius 1 is 1.44 bits per heavy atom. The fourth-order valence-electron chi connectivity index (χ4n) is 1.47. The highest BCUT2D eigenvalue weighted by atomic mass is 32.2. The van der Waals surface area contributed by atoms with Crippen LogP contribution in [0, 0.1) is 12.7 Å². The van der Waals surface area contributed by atoms with Crippen LogP contribution in [0.5, 0.6) is 0 Å². The van der Waals surface area contributed by atoms with E-state index >= 15 is 0 Å². The van der Waals surface area contributed by atoms with Crippen LogP contribution in [-0.2, 0) is 5.75 Å². The summed E-state index contributed by atoms with van der Waals surface area (Å²) in [7, 11) is -1.69. The van der Waals surface area contributed by atoms with Gasteiger partial charge in [0.05, 0.1) is 0 Å². The Bertz CT molecular complexity index is 550. The van der Waals surface area contributed by atoms with E-state index in [2.05, 4.69) is 15.2 Å². The zero-order valence-corrected chi connectivity index (χ0v) is 10.4. The van der Waals surface area contributed by atoms with Gasteiger partial charge in [-0.25, -0.2) is 9.37 Å². The second kappa shape index (κ2) is 5.51. The van der Waals surface area contributed by atoms with Gasteiger partial charge in [0.2, 0.25) is 5.16 Å². The Morgan fingerprint density at radius 2 is 2.22 bits per heavy atom. The van der Waals surface area contributed by atoms with Gasteiger partial charge >= 0.3 is 7.12 Å².